The minimum Gasteiger partial charge on any atom is -0.344 e. The van der Waals surface area contributed by atoms with Gasteiger partial charge in [0.05, 0.1) is 0 Å². The largest absolute Gasteiger partial charge is 0.344 e. The van der Waals surface area contributed by atoms with Crippen LogP contribution in [0, 0.1) is 6.92 Å². The summed E-state index contributed by atoms with van der Waals surface area (Å²) in [6.45, 7) is 8.03. The molecule has 1 unspecified atom stereocenters. The Balaban J connectivity index is 1.50. The average molecular weight is 369 g/mol. The number of aromatic nitrogens is 3. The van der Waals surface area contributed by atoms with Crippen LogP contribution in [0.5, 0.6) is 0 Å². The number of anilines is 1. The Bertz CT molecular complexity index is 943. The summed E-state index contributed by atoms with van der Waals surface area (Å²) in [7, 11) is 0. The Morgan fingerprint density at radius 3 is 2.58 bits per heavy atom. The van der Waals surface area contributed by atoms with Gasteiger partial charge in [-0.15, -0.1) is 5.10 Å². The molecule has 0 bridgehead atoms. The maximum absolute atomic E-state index is 11.6. The van der Waals surface area contributed by atoms with Gasteiger partial charge in [0.2, 0.25) is 10.1 Å². The van der Waals surface area contributed by atoms with Gasteiger partial charge in [-0.3, -0.25) is 9.69 Å². The lowest BCUT2D eigenvalue weighted by atomic mass is 10.0. The van der Waals surface area contributed by atoms with Crippen LogP contribution in [0.4, 0.5) is 5.13 Å². The van der Waals surface area contributed by atoms with Crippen LogP contribution in [0.3, 0.4) is 0 Å². The number of hydrogen-bond acceptors (Lipinski definition) is 6. The third-order valence-corrected chi connectivity index (χ3v) is 5.99. The molecule has 26 heavy (non-hydrogen) atoms. The van der Waals surface area contributed by atoms with Crippen molar-refractivity contribution in [2.45, 2.75) is 26.3 Å². The van der Waals surface area contributed by atoms with Gasteiger partial charge in [0.1, 0.15) is 0 Å². The van der Waals surface area contributed by atoms with E-state index in [4.69, 9.17) is 0 Å². The fourth-order valence-corrected chi connectivity index (χ4v) is 4.68. The molecule has 7 heteroatoms. The maximum atomic E-state index is 11.6. The van der Waals surface area contributed by atoms with E-state index in [-0.39, 0.29) is 5.56 Å². The second-order valence-corrected chi connectivity index (χ2v) is 7.61. The molecule has 136 valence electrons. The highest BCUT2D eigenvalue weighted by molar-refractivity contribution is 7.20. The van der Waals surface area contributed by atoms with E-state index >= 15 is 0 Å². The van der Waals surface area contributed by atoms with E-state index in [1.807, 2.05) is 6.92 Å². The van der Waals surface area contributed by atoms with E-state index in [2.05, 4.69) is 57.1 Å². The first-order valence-corrected chi connectivity index (χ1v) is 9.89. The molecule has 0 amide bonds. The summed E-state index contributed by atoms with van der Waals surface area (Å²) >= 11 is 1.49. The van der Waals surface area contributed by atoms with E-state index in [1.165, 1.54) is 23.0 Å². The van der Waals surface area contributed by atoms with Crippen molar-refractivity contribution in [1.82, 2.24) is 19.5 Å². The smallest absolute Gasteiger partial charge is 0.274 e. The molecule has 0 spiro atoms. The van der Waals surface area contributed by atoms with Crippen LogP contribution in [0.15, 0.2) is 41.2 Å². The summed E-state index contributed by atoms with van der Waals surface area (Å²) in [5.74, 6) is 0. The normalized spacial score (nSPS) is 16.9. The molecule has 6 nitrogen and oxygen atoms in total. The van der Waals surface area contributed by atoms with Crippen molar-refractivity contribution in [3.8, 4) is 0 Å². The van der Waals surface area contributed by atoms with E-state index in [1.54, 1.807) is 4.52 Å². The number of aryl methyl sites for hydroxylation is 1. The molecule has 2 aromatic heterocycles. The molecule has 0 radical (unpaired) electrons. The molecule has 4 rings (SSSR count). The molecule has 1 aliphatic heterocycles. The van der Waals surface area contributed by atoms with Crippen molar-refractivity contribution in [2.24, 2.45) is 0 Å². The lowest BCUT2D eigenvalue weighted by Crippen LogP contribution is -2.47. The van der Waals surface area contributed by atoms with Crippen LogP contribution in [0.1, 0.15) is 30.6 Å². The van der Waals surface area contributed by atoms with Gasteiger partial charge in [-0.2, -0.15) is 4.98 Å². The summed E-state index contributed by atoms with van der Waals surface area (Å²) in [6, 6.07) is 12.7. The van der Waals surface area contributed by atoms with Gasteiger partial charge in [0, 0.05) is 44.0 Å². The molecular formula is C19H23N5OS. The summed E-state index contributed by atoms with van der Waals surface area (Å²) in [5, 5.41) is 5.61. The third kappa shape index (κ3) is 3.24. The van der Waals surface area contributed by atoms with Gasteiger partial charge in [-0.1, -0.05) is 48.6 Å². The average Bonchev–Trinajstić information content (AvgIpc) is 3.08. The van der Waals surface area contributed by atoms with Crippen molar-refractivity contribution in [1.29, 1.82) is 0 Å². The lowest BCUT2D eigenvalue weighted by molar-refractivity contribution is 0.181. The number of hydrogen-bond donors (Lipinski definition) is 0. The quantitative estimate of drug-likeness (QED) is 0.708. The van der Waals surface area contributed by atoms with Crippen LogP contribution < -0.4 is 10.5 Å². The Hall–Kier alpha value is -2.25. The topological polar surface area (TPSA) is 53.7 Å². The first-order valence-electron chi connectivity index (χ1n) is 9.07. The second kappa shape index (κ2) is 7.17. The minimum atomic E-state index is -0.198. The molecule has 0 aliphatic carbocycles. The number of piperazine rings is 1. The molecule has 3 aromatic rings. The molecule has 1 fully saturated rings. The fraction of sp³-hybridized carbons (Fsp3) is 0.421. The predicted molar refractivity (Wildman–Crippen MR) is 105 cm³/mol. The minimum absolute atomic E-state index is 0.198. The van der Waals surface area contributed by atoms with Crippen molar-refractivity contribution in [3.63, 3.8) is 0 Å². The third-order valence-electron chi connectivity index (χ3n) is 5.02. The van der Waals surface area contributed by atoms with E-state index < -0.39 is 0 Å². The van der Waals surface area contributed by atoms with Crippen LogP contribution >= 0.6 is 11.3 Å². The van der Waals surface area contributed by atoms with Crippen molar-refractivity contribution in [3.05, 3.63) is 58.0 Å². The second-order valence-electron chi connectivity index (χ2n) is 6.67. The number of nitrogens with zero attached hydrogens (tertiary/aromatic N) is 5. The Labute approximate surface area is 156 Å². The highest BCUT2D eigenvalue weighted by Gasteiger charge is 2.25. The highest BCUT2D eigenvalue weighted by Crippen LogP contribution is 2.28. The SMILES string of the molecule is CCC(c1ccccc1)N1CCN(c2nn3c(C)cc(=O)nc3s2)CC1. The molecule has 0 N–H and O–H groups in total. The monoisotopic (exact) mass is 369 g/mol. The van der Waals surface area contributed by atoms with Crippen molar-refractivity contribution < 1.29 is 0 Å². The number of fused-ring (bicyclic) bond motifs is 1. The summed E-state index contributed by atoms with van der Waals surface area (Å²) < 4.78 is 1.77. The number of rotatable bonds is 4. The Kier molecular flexibility index (Phi) is 4.74. The van der Waals surface area contributed by atoms with Crippen LogP contribution in [-0.4, -0.2) is 45.7 Å². The number of benzene rings is 1. The van der Waals surface area contributed by atoms with Gasteiger partial charge in [0.15, 0.2) is 0 Å². The molecule has 1 saturated heterocycles. The van der Waals surface area contributed by atoms with Crippen LogP contribution in [0.25, 0.3) is 4.96 Å². The van der Waals surface area contributed by atoms with Gasteiger partial charge in [0.25, 0.3) is 5.56 Å². The first kappa shape index (κ1) is 17.2. The maximum Gasteiger partial charge on any atom is 0.274 e. The standard InChI is InChI=1S/C19H23N5OS/c1-3-16(15-7-5-4-6-8-15)22-9-11-23(12-10-22)19-21-24-14(2)13-17(25)20-18(24)26-19/h4-8,13,16H,3,9-12H2,1-2H3. The van der Waals surface area contributed by atoms with E-state index in [0.29, 0.717) is 11.0 Å². The predicted octanol–water partition coefficient (Wildman–Crippen LogP) is 2.73. The summed E-state index contributed by atoms with van der Waals surface area (Å²) in [5.41, 5.74) is 2.02. The molecule has 1 aromatic carbocycles. The molecule has 0 saturated carbocycles. The summed E-state index contributed by atoms with van der Waals surface area (Å²) in [4.78, 5) is 21.2. The van der Waals surface area contributed by atoms with Gasteiger partial charge < -0.3 is 4.90 Å². The zero-order valence-corrected chi connectivity index (χ0v) is 15.9. The summed E-state index contributed by atoms with van der Waals surface area (Å²) in [6.07, 6.45) is 1.11. The molecular weight excluding hydrogens is 346 g/mol. The van der Waals surface area contributed by atoms with Gasteiger partial charge in [-0.25, -0.2) is 4.52 Å². The zero-order valence-electron chi connectivity index (χ0n) is 15.1. The Morgan fingerprint density at radius 1 is 1.15 bits per heavy atom. The van der Waals surface area contributed by atoms with E-state index in [9.17, 15) is 4.79 Å². The molecule has 3 heterocycles. The van der Waals surface area contributed by atoms with E-state index in [0.717, 1.165) is 43.4 Å². The zero-order chi connectivity index (χ0) is 18.1. The van der Waals surface area contributed by atoms with Crippen LogP contribution in [-0.2, 0) is 0 Å². The van der Waals surface area contributed by atoms with Crippen molar-refractivity contribution in [2.75, 3.05) is 31.1 Å². The Morgan fingerprint density at radius 2 is 1.88 bits per heavy atom. The van der Waals surface area contributed by atoms with Crippen LogP contribution in [0.2, 0.25) is 0 Å². The molecule has 1 atom stereocenters. The highest BCUT2D eigenvalue weighted by atomic mass is 32.1. The first-order chi connectivity index (χ1) is 12.7. The van der Waals surface area contributed by atoms with Gasteiger partial charge in [-0.05, 0) is 18.9 Å². The van der Waals surface area contributed by atoms with Gasteiger partial charge >= 0.3 is 0 Å². The fourth-order valence-electron chi connectivity index (χ4n) is 3.67. The van der Waals surface area contributed by atoms with Crippen molar-refractivity contribution >= 4 is 21.4 Å². The lowest BCUT2D eigenvalue weighted by Gasteiger charge is -2.39. The molecule has 1 aliphatic rings.